The van der Waals surface area contributed by atoms with Crippen LogP contribution in [0.4, 0.5) is 14.5 Å². The van der Waals surface area contributed by atoms with Crippen molar-refractivity contribution in [3.63, 3.8) is 0 Å². The van der Waals surface area contributed by atoms with Crippen LogP contribution in [0.5, 0.6) is 0 Å². The maximum absolute atomic E-state index is 13.3. The van der Waals surface area contributed by atoms with Gasteiger partial charge in [0.2, 0.25) is 5.91 Å². The molecule has 0 heterocycles. The molecule has 1 aromatic carbocycles. The molecule has 2 rings (SSSR count). The Balaban J connectivity index is 1.99. The average Bonchev–Trinajstić information content (AvgIpc) is 3.08. The smallest absolute Gasteiger partial charge is 0.242 e. The zero-order valence-electron chi connectivity index (χ0n) is 9.47. The minimum absolute atomic E-state index is 0.00319. The maximum Gasteiger partial charge on any atom is 0.242 e. The van der Waals surface area contributed by atoms with Gasteiger partial charge >= 0.3 is 0 Å². The molecular weight excluding hydrogens is 226 g/mol. The van der Waals surface area contributed by atoms with Crippen LogP contribution in [0, 0.1) is 11.6 Å². The molecule has 17 heavy (non-hydrogen) atoms. The molecule has 1 atom stereocenters. The summed E-state index contributed by atoms with van der Waals surface area (Å²) in [4.78, 5) is 11.6. The monoisotopic (exact) mass is 240 g/mol. The summed E-state index contributed by atoms with van der Waals surface area (Å²) in [6.45, 7) is 1.61. The van der Waals surface area contributed by atoms with E-state index in [-0.39, 0.29) is 17.6 Å². The van der Waals surface area contributed by atoms with Crippen molar-refractivity contribution in [1.82, 2.24) is 5.32 Å². The quantitative estimate of drug-likeness (QED) is 0.845. The Bertz CT molecular complexity index is 433. The first-order valence-corrected chi connectivity index (χ1v) is 5.59. The van der Waals surface area contributed by atoms with Crippen LogP contribution < -0.4 is 10.6 Å². The third kappa shape index (κ3) is 2.93. The summed E-state index contributed by atoms with van der Waals surface area (Å²) in [5, 5.41) is 5.45. The molecule has 1 aliphatic carbocycles. The van der Waals surface area contributed by atoms with Gasteiger partial charge in [-0.1, -0.05) is 6.07 Å². The number of nitrogens with one attached hydrogen (secondary N) is 2. The van der Waals surface area contributed by atoms with E-state index in [0.29, 0.717) is 0 Å². The zero-order chi connectivity index (χ0) is 12.4. The first-order chi connectivity index (χ1) is 8.08. The maximum atomic E-state index is 13.3. The topological polar surface area (TPSA) is 41.1 Å². The lowest BCUT2D eigenvalue weighted by Gasteiger charge is -2.15. The van der Waals surface area contributed by atoms with Gasteiger partial charge in [0.15, 0.2) is 11.6 Å². The van der Waals surface area contributed by atoms with Gasteiger partial charge in [-0.05, 0) is 31.9 Å². The van der Waals surface area contributed by atoms with Crippen LogP contribution in [-0.4, -0.2) is 18.0 Å². The first-order valence-electron chi connectivity index (χ1n) is 5.59. The third-order valence-electron chi connectivity index (χ3n) is 2.64. The van der Waals surface area contributed by atoms with Crippen LogP contribution in [0.3, 0.4) is 0 Å². The molecule has 2 N–H and O–H groups in total. The molecule has 1 aromatic rings. The van der Waals surface area contributed by atoms with Gasteiger partial charge in [-0.3, -0.25) is 4.79 Å². The lowest BCUT2D eigenvalue weighted by molar-refractivity contribution is -0.121. The normalized spacial score (nSPS) is 16.4. The van der Waals surface area contributed by atoms with Crippen LogP contribution >= 0.6 is 0 Å². The van der Waals surface area contributed by atoms with Gasteiger partial charge in [0.1, 0.15) is 6.04 Å². The fourth-order valence-corrected chi connectivity index (χ4v) is 1.47. The van der Waals surface area contributed by atoms with Crippen molar-refractivity contribution in [3.05, 3.63) is 29.8 Å². The predicted octanol–water partition coefficient (Wildman–Crippen LogP) is 2.04. The molecule has 3 nitrogen and oxygen atoms in total. The Labute approximate surface area is 98.2 Å². The number of halogens is 2. The zero-order valence-corrected chi connectivity index (χ0v) is 9.47. The lowest BCUT2D eigenvalue weighted by atomic mass is 10.2. The van der Waals surface area contributed by atoms with Crippen molar-refractivity contribution >= 4 is 11.6 Å². The Kier molecular flexibility index (Phi) is 3.26. The molecule has 0 aromatic heterocycles. The number of hydrogen-bond donors (Lipinski definition) is 2. The highest BCUT2D eigenvalue weighted by Crippen LogP contribution is 2.20. The van der Waals surface area contributed by atoms with Crippen molar-refractivity contribution in [2.75, 3.05) is 5.32 Å². The Hall–Kier alpha value is -1.65. The number of amides is 1. The van der Waals surface area contributed by atoms with Crippen LogP contribution in [-0.2, 0) is 4.79 Å². The highest BCUT2D eigenvalue weighted by molar-refractivity contribution is 5.84. The highest BCUT2D eigenvalue weighted by atomic mass is 19.2. The summed E-state index contributed by atoms with van der Waals surface area (Å²) in [7, 11) is 0. The second-order valence-corrected chi connectivity index (χ2v) is 4.25. The molecule has 1 saturated carbocycles. The van der Waals surface area contributed by atoms with Crippen molar-refractivity contribution in [3.8, 4) is 0 Å². The molecule has 0 radical (unpaired) electrons. The summed E-state index contributed by atoms with van der Waals surface area (Å²) in [5.41, 5.74) is 0.00319. The van der Waals surface area contributed by atoms with Crippen LogP contribution in [0.1, 0.15) is 19.8 Å². The lowest BCUT2D eigenvalue weighted by Crippen LogP contribution is -2.38. The molecule has 0 saturated heterocycles. The van der Waals surface area contributed by atoms with Gasteiger partial charge < -0.3 is 10.6 Å². The summed E-state index contributed by atoms with van der Waals surface area (Å²) in [5.74, 6) is -2.08. The molecule has 0 aliphatic heterocycles. The van der Waals surface area contributed by atoms with Gasteiger partial charge in [0.25, 0.3) is 0 Å². The molecular formula is C12H14F2N2O. The van der Waals surface area contributed by atoms with E-state index in [0.717, 1.165) is 18.9 Å². The minimum atomic E-state index is -0.960. The fraction of sp³-hybridized carbons (Fsp3) is 0.417. The van der Waals surface area contributed by atoms with Crippen LogP contribution in [0.2, 0.25) is 0 Å². The predicted molar refractivity (Wildman–Crippen MR) is 60.6 cm³/mol. The molecule has 0 bridgehead atoms. The van der Waals surface area contributed by atoms with E-state index in [1.165, 1.54) is 12.1 Å². The molecule has 1 fully saturated rings. The van der Waals surface area contributed by atoms with Gasteiger partial charge in [-0.25, -0.2) is 8.78 Å². The summed E-state index contributed by atoms with van der Waals surface area (Å²) < 4.78 is 26.3. The number of carbonyl (C=O) groups is 1. The second kappa shape index (κ2) is 4.69. The minimum Gasteiger partial charge on any atom is -0.371 e. The summed E-state index contributed by atoms with van der Waals surface area (Å²) in [6, 6.07) is 3.50. The van der Waals surface area contributed by atoms with E-state index >= 15 is 0 Å². The number of carbonyl (C=O) groups excluding carboxylic acids is 1. The number of anilines is 1. The number of benzene rings is 1. The summed E-state index contributed by atoms with van der Waals surface area (Å²) >= 11 is 0. The average molecular weight is 240 g/mol. The largest absolute Gasteiger partial charge is 0.371 e. The van der Waals surface area contributed by atoms with Gasteiger partial charge in [-0.2, -0.15) is 0 Å². The SMILES string of the molecule is CC(Nc1cccc(F)c1F)C(=O)NC1CC1. The summed E-state index contributed by atoms with van der Waals surface area (Å²) in [6.07, 6.45) is 1.99. The van der Waals surface area contributed by atoms with Crippen LogP contribution in [0.15, 0.2) is 18.2 Å². The highest BCUT2D eigenvalue weighted by Gasteiger charge is 2.25. The van der Waals surface area contributed by atoms with Crippen molar-refractivity contribution in [1.29, 1.82) is 0 Å². The molecule has 1 aliphatic rings. The van der Waals surface area contributed by atoms with Crippen molar-refractivity contribution < 1.29 is 13.6 Å². The molecule has 0 spiro atoms. The number of rotatable bonds is 4. The van der Waals surface area contributed by atoms with E-state index in [1.807, 2.05) is 0 Å². The van der Waals surface area contributed by atoms with Crippen molar-refractivity contribution in [2.45, 2.75) is 31.8 Å². The van der Waals surface area contributed by atoms with E-state index < -0.39 is 17.7 Å². The van der Waals surface area contributed by atoms with E-state index in [1.54, 1.807) is 6.92 Å². The van der Waals surface area contributed by atoms with Gasteiger partial charge in [-0.15, -0.1) is 0 Å². The molecule has 1 unspecified atom stereocenters. The Morgan fingerprint density at radius 1 is 1.41 bits per heavy atom. The van der Waals surface area contributed by atoms with Crippen molar-refractivity contribution in [2.24, 2.45) is 0 Å². The standard InChI is InChI=1S/C12H14F2N2O/c1-7(12(17)16-8-5-6-8)15-10-4-2-3-9(13)11(10)14/h2-4,7-8,15H,5-6H2,1H3,(H,16,17). The Morgan fingerprint density at radius 2 is 2.12 bits per heavy atom. The Morgan fingerprint density at radius 3 is 2.76 bits per heavy atom. The molecule has 1 amide bonds. The first kappa shape index (κ1) is 11.8. The fourth-order valence-electron chi connectivity index (χ4n) is 1.47. The van der Waals surface area contributed by atoms with Gasteiger partial charge in [0.05, 0.1) is 5.69 Å². The molecule has 5 heteroatoms. The van der Waals surface area contributed by atoms with E-state index in [4.69, 9.17) is 0 Å². The second-order valence-electron chi connectivity index (χ2n) is 4.25. The number of hydrogen-bond acceptors (Lipinski definition) is 2. The van der Waals surface area contributed by atoms with Crippen LogP contribution in [0.25, 0.3) is 0 Å². The molecule has 92 valence electrons. The van der Waals surface area contributed by atoms with E-state index in [9.17, 15) is 13.6 Å². The van der Waals surface area contributed by atoms with Gasteiger partial charge in [0, 0.05) is 6.04 Å². The van der Waals surface area contributed by atoms with E-state index in [2.05, 4.69) is 10.6 Å². The third-order valence-corrected chi connectivity index (χ3v) is 2.64.